The number of nitrogens with one attached hydrogen (secondary N) is 1. The predicted octanol–water partition coefficient (Wildman–Crippen LogP) is 3.71. The molecular formula is C15H20N2OS. The molecule has 1 N–H and O–H groups in total. The molecular weight excluding hydrogens is 256 g/mol. The average molecular weight is 276 g/mol. The Morgan fingerprint density at radius 3 is 2.47 bits per heavy atom. The van der Waals surface area contributed by atoms with Gasteiger partial charge in [0.2, 0.25) is 0 Å². The third kappa shape index (κ3) is 4.04. The topological polar surface area (TPSA) is 34.1 Å². The second-order valence-corrected chi connectivity index (χ2v) is 6.40. The molecule has 1 aromatic carbocycles. The highest BCUT2D eigenvalue weighted by Gasteiger charge is 2.10. The molecule has 2 rings (SSSR count). The largest absolute Gasteiger partial charge is 0.497 e. The molecule has 0 saturated carbocycles. The molecule has 0 saturated heterocycles. The minimum absolute atomic E-state index is 0.117. The third-order valence-corrected chi connectivity index (χ3v) is 3.56. The van der Waals surface area contributed by atoms with Crippen LogP contribution in [0.4, 0.5) is 0 Å². The fraction of sp³-hybridized carbons (Fsp3) is 0.400. The number of hydrogen-bond acceptors (Lipinski definition) is 4. The molecule has 0 amide bonds. The van der Waals surface area contributed by atoms with Crippen molar-refractivity contribution >= 4 is 11.3 Å². The highest BCUT2D eigenvalue weighted by molar-refractivity contribution is 7.09. The Labute approximate surface area is 118 Å². The van der Waals surface area contributed by atoms with Gasteiger partial charge in [-0.1, -0.05) is 0 Å². The Kier molecular flexibility index (Phi) is 4.22. The van der Waals surface area contributed by atoms with Crippen molar-refractivity contribution < 1.29 is 4.74 Å². The van der Waals surface area contributed by atoms with Crippen molar-refractivity contribution in [3.8, 4) is 17.0 Å². The summed E-state index contributed by atoms with van der Waals surface area (Å²) in [6.07, 6.45) is 0. The highest BCUT2D eigenvalue weighted by Crippen LogP contribution is 2.24. The summed E-state index contributed by atoms with van der Waals surface area (Å²) in [6.45, 7) is 7.28. The number of ether oxygens (including phenoxy) is 1. The minimum atomic E-state index is 0.117. The Morgan fingerprint density at radius 2 is 1.89 bits per heavy atom. The molecule has 3 nitrogen and oxygen atoms in total. The Bertz CT molecular complexity index is 526. The Balaban J connectivity index is 2.07. The first kappa shape index (κ1) is 14.0. The van der Waals surface area contributed by atoms with Crippen LogP contribution in [0.3, 0.4) is 0 Å². The van der Waals surface area contributed by atoms with E-state index in [9.17, 15) is 0 Å². The maximum atomic E-state index is 5.16. The Morgan fingerprint density at radius 1 is 1.21 bits per heavy atom. The number of hydrogen-bond donors (Lipinski definition) is 1. The van der Waals surface area contributed by atoms with Crippen molar-refractivity contribution in [3.05, 3.63) is 34.7 Å². The first-order chi connectivity index (χ1) is 8.98. The van der Waals surface area contributed by atoms with Crippen molar-refractivity contribution in [2.75, 3.05) is 7.11 Å². The van der Waals surface area contributed by atoms with Crippen molar-refractivity contribution in [1.29, 1.82) is 0 Å². The van der Waals surface area contributed by atoms with Gasteiger partial charge in [0, 0.05) is 23.0 Å². The lowest BCUT2D eigenvalue weighted by Crippen LogP contribution is -2.34. The maximum absolute atomic E-state index is 5.16. The van der Waals surface area contributed by atoms with E-state index in [1.165, 1.54) is 0 Å². The molecule has 19 heavy (non-hydrogen) atoms. The molecule has 0 aliphatic heterocycles. The molecule has 1 aromatic heterocycles. The summed E-state index contributed by atoms with van der Waals surface area (Å²) in [7, 11) is 1.67. The van der Waals surface area contributed by atoms with Crippen LogP contribution in [-0.4, -0.2) is 17.6 Å². The minimum Gasteiger partial charge on any atom is -0.497 e. The molecule has 0 unspecified atom stereocenters. The van der Waals surface area contributed by atoms with Crippen LogP contribution in [0.15, 0.2) is 29.6 Å². The lowest BCUT2D eigenvalue weighted by molar-refractivity contribution is 0.415. The van der Waals surface area contributed by atoms with E-state index >= 15 is 0 Å². The molecule has 0 atom stereocenters. The SMILES string of the molecule is COc1ccc(-c2csc(CNC(C)(C)C)n2)cc1. The molecule has 0 bridgehead atoms. The predicted molar refractivity (Wildman–Crippen MR) is 80.7 cm³/mol. The summed E-state index contributed by atoms with van der Waals surface area (Å²) >= 11 is 1.69. The van der Waals surface area contributed by atoms with Crippen LogP contribution in [0.2, 0.25) is 0 Å². The molecule has 0 radical (unpaired) electrons. The average Bonchev–Trinajstić information content (AvgIpc) is 2.84. The summed E-state index contributed by atoms with van der Waals surface area (Å²) in [6, 6.07) is 7.99. The second kappa shape index (κ2) is 5.72. The summed E-state index contributed by atoms with van der Waals surface area (Å²) in [5.74, 6) is 0.869. The van der Waals surface area contributed by atoms with E-state index < -0.39 is 0 Å². The van der Waals surface area contributed by atoms with Gasteiger partial charge in [-0.05, 0) is 45.0 Å². The van der Waals surface area contributed by atoms with Crippen molar-refractivity contribution in [1.82, 2.24) is 10.3 Å². The fourth-order valence-corrected chi connectivity index (χ4v) is 2.37. The van der Waals surface area contributed by atoms with E-state index in [4.69, 9.17) is 4.74 Å². The van der Waals surface area contributed by atoms with Crippen LogP contribution in [0.5, 0.6) is 5.75 Å². The van der Waals surface area contributed by atoms with Gasteiger partial charge >= 0.3 is 0 Å². The molecule has 0 fully saturated rings. The van der Waals surface area contributed by atoms with Gasteiger partial charge in [-0.25, -0.2) is 4.98 Å². The lowest BCUT2D eigenvalue weighted by atomic mass is 10.1. The van der Waals surface area contributed by atoms with Crippen molar-refractivity contribution in [3.63, 3.8) is 0 Å². The first-order valence-corrected chi connectivity index (χ1v) is 7.20. The smallest absolute Gasteiger partial charge is 0.118 e. The summed E-state index contributed by atoms with van der Waals surface area (Å²) < 4.78 is 5.16. The van der Waals surface area contributed by atoms with E-state index in [0.717, 1.165) is 28.6 Å². The highest BCUT2D eigenvalue weighted by atomic mass is 32.1. The number of thiazole rings is 1. The number of nitrogens with zero attached hydrogens (tertiary/aromatic N) is 1. The molecule has 4 heteroatoms. The number of benzene rings is 1. The summed E-state index contributed by atoms with van der Waals surface area (Å²) in [4.78, 5) is 4.65. The zero-order chi connectivity index (χ0) is 13.9. The van der Waals surface area contributed by atoms with E-state index in [1.807, 2.05) is 24.3 Å². The molecule has 102 valence electrons. The van der Waals surface area contributed by atoms with Gasteiger partial charge in [0.25, 0.3) is 0 Å². The van der Waals surface area contributed by atoms with Crippen molar-refractivity contribution in [2.45, 2.75) is 32.9 Å². The molecule has 0 aliphatic rings. The molecule has 1 heterocycles. The number of rotatable bonds is 4. The van der Waals surface area contributed by atoms with Gasteiger partial charge < -0.3 is 10.1 Å². The first-order valence-electron chi connectivity index (χ1n) is 6.32. The third-order valence-electron chi connectivity index (χ3n) is 2.71. The zero-order valence-electron chi connectivity index (χ0n) is 11.9. The normalized spacial score (nSPS) is 11.6. The Hall–Kier alpha value is -1.39. The van der Waals surface area contributed by atoms with Gasteiger partial charge in [0.15, 0.2) is 0 Å². The summed E-state index contributed by atoms with van der Waals surface area (Å²) in [5, 5.41) is 6.66. The van der Waals surface area contributed by atoms with Gasteiger partial charge in [-0.15, -0.1) is 11.3 Å². The van der Waals surface area contributed by atoms with Crippen LogP contribution >= 0.6 is 11.3 Å². The second-order valence-electron chi connectivity index (χ2n) is 5.46. The van der Waals surface area contributed by atoms with E-state index in [2.05, 4.69) is 36.5 Å². The van der Waals surface area contributed by atoms with Crippen LogP contribution in [0.25, 0.3) is 11.3 Å². The quantitative estimate of drug-likeness (QED) is 0.924. The summed E-state index contributed by atoms with van der Waals surface area (Å²) in [5.41, 5.74) is 2.27. The molecule has 2 aromatic rings. The van der Waals surface area contributed by atoms with Crippen LogP contribution in [0.1, 0.15) is 25.8 Å². The number of aromatic nitrogens is 1. The van der Waals surface area contributed by atoms with Crippen LogP contribution < -0.4 is 10.1 Å². The van der Waals surface area contributed by atoms with E-state index in [-0.39, 0.29) is 5.54 Å². The van der Waals surface area contributed by atoms with E-state index in [1.54, 1.807) is 18.4 Å². The van der Waals surface area contributed by atoms with Crippen molar-refractivity contribution in [2.24, 2.45) is 0 Å². The lowest BCUT2D eigenvalue weighted by Gasteiger charge is -2.19. The van der Waals surface area contributed by atoms with Gasteiger partial charge in [0.1, 0.15) is 10.8 Å². The maximum Gasteiger partial charge on any atom is 0.118 e. The molecule has 0 aliphatic carbocycles. The van der Waals surface area contributed by atoms with Gasteiger partial charge in [-0.2, -0.15) is 0 Å². The van der Waals surface area contributed by atoms with Gasteiger partial charge in [-0.3, -0.25) is 0 Å². The monoisotopic (exact) mass is 276 g/mol. The van der Waals surface area contributed by atoms with Crippen LogP contribution in [0, 0.1) is 0 Å². The standard InChI is InChI=1S/C15H20N2OS/c1-15(2,3)16-9-14-17-13(10-19-14)11-5-7-12(18-4)8-6-11/h5-8,10,16H,9H2,1-4H3. The van der Waals surface area contributed by atoms with Crippen LogP contribution in [-0.2, 0) is 6.54 Å². The molecule has 0 spiro atoms. The zero-order valence-corrected chi connectivity index (χ0v) is 12.7. The van der Waals surface area contributed by atoms with Gasteiger partial charge in [0.05, 0.1) is 12.8 Å². The number of methoxy groups -OCH3 is 1. The fourth-order valence-electron chi connectivity index (χ4n) is 1.63. The van der Waals surface area contributed by atoms with E-state index in [0.29, 0.717) is 0 Å².